The van der Waals surface area contributed by atoms with Gasteiger partial charge in [-0.15, -0.1) is 0 Å². The Kier molecular flexibility index (Phi) is 3.94. The summed E-state index contributed by atoms with van der Waals surface area (Å²) in [6.45, 7) is 0. The predicted octanol–water partition coefficient (Wildman–Crippen LogP) is 2.50. The number of hydrogen-bond acceptors (Lipinski definition) is 3. The third-order valence-electron chi connectivity index (χ3n) is 2.40. The second kappa shape index (κ2) is 5.64. The molecule has 2 N–H and O–H groups in total. The molecule has 0 bridgehead atoms. The number of rotatable bonds is 1. The molecule has 0 atom stereocenters. The van der Waals surface area contributed by atoms with Crippen LogP contribution in [0, 0.1) is 0 Å². The summed E-state index contributed by atoms with van der Waals surface area (Å²) in [5, 5.41) is 1.21. The van der Waals surface area contributed by atoms with Crippen molar-refractivity contribution in [1.29, 1.82) is 0 Å². The first-order valence-electron chi connectivity index (χ1n) is 5.47. The molecule has 1 aromatic carbocycles. The van der Waals surface area contributed by atoms with E-state index in [0.29, 0.717) is 0 Å². The fraction of sp³-hybridized carbons (Fsp3) is 0. The van der Waals surface area contributed by atoms with Crippen LogP contribution in [0.4, 0.5) is 0 Å². The van der Waals surface area contributed by atoms with Gasteiger partial charge < -0.3 is 4.98 Å². The van der Waals surface area contributed by atoms with Crippen molar-refractivity contribution in [2.24, 2.45) is 0 Å². The van der Waals surface area contributed by atoms with Crippen LogP contribution in [0.5, 0.6) is 0 Å². The van der Waals surface area contributed by atoms with E-state index >= 15 is 0 Å². The van der Waals surface area contributed by atoms with Crippen LogP contribution in [0.3, 0.4) is 0 Å². The summed E-state index contributed by atoms with van der Waals surface area (Å²) in [6, 6.07) is 11.4. The fourth-order valence-corrected chi connectivity index (χ4v) is 1.99. The normalized spacial score (nSPS) is 10.8. The van der Waals surface area contributed by atoms with E-state index in [1.54, 1.807) is 24.4 Å². The van der Waals surface area contributed by atoms with Crippen molar-refractivity contribution in [3.05, 3.63) is 61.1 Å². The lowest BCUT2D eigenvalue weighted by Crippen LogP contribution is -1.96. The molecule has 2 heterocycles. The van der Waals surface area contributed by atoms with Crippen LogP contribution < -0.4 is 0 Å². The van der Waals surface area contributed by atoms with Gasteiger partial charge in [-0.25, -0.2) is 0 Å². The Morgan fingerprint density at radius 2 is 1.79 bits per heavy atom. The van der Waals surface area contributed by atoms with Crippen molar-refractivity contribution in [3.63, 3.8) is 0 Å². The predicted molar refractivity (Wildman–Crippen MR) is 72.4 cm³/mol. The Bertz CT molecular complexity index is 721. The van der Waals surface area contributed by atoms with Crippen LogP contribution in [0.2, 0.25) is 0 Å². The summed E-state index contributed by atoms with van der Waals surface area (Å²) in [7, 11) is -4.00. The molecule has 0 aliphatic carbocycles. The lowest BCUT2D eigenvalue weighted by molar-refractivity contribution is 0.483. The minimum absolute atomic E-state index is 0.0741. The Labute approximate surface area is 110 Å². The number of pyridine rings is 1. The molecule has 98 valence electrons. The molecule has 0 spiro atoms. The molecular weight excluding hydrogens is 264 g/mol. The molecule has 0 aliphatic heterocycles. The van der Waals surface area contributed by atoms with E-state index in [2.05, 4.69) is 9.97 Å². The molecule has 0 saturated heterocycles. The minimum atomic E-state index is -4.00. The molecule has 0 fully saturated rings. The van der Waals surface area contributed by atoms with Crippen molar-refractivity contribution >= 4 is 21.0 Å². The summed E-state index contributed by atoms with van der Waals surface area (Å²) in [4.78, 5) is 6.94. The first-order chi connectivity index (χ1) is 9.07. The van der Waals surface area contributed by atoms with Gasteiger partial charge in [0.2, 0.25) is 0 Å². The van der Waals surface area contributed by atoms with E-state index in [-0.39, 0.29) is 4.90 Å². The third kappa shape index (κ3) is 3.64. The fourth-order valence-electron chi connectivity index (χ4n) is 1.48. The number of benzene rings is 1. The topological polar surface area (TPSA) is 83.0 Å². The van der Waals surface area contributed by atoms with Crippen molar-refractivity contribution in [2.45, 2.75) is 4.90 Å². The summed E-state index contributed by atoms with van der Waals surface area (Å²) in [6.07, 6.45) is 5.51. The summed E-state index contributed by atoms with van der Waals surface area (Å²) >= 11 is 0. The van der Waals surface area contributed by atoms with Gasteiger partial charge in [0.15, 0.2) is 0 Å². The number of nitrogens with zero attached hydrogens (tertiary/aromatic N) is 1. The molecule has 3 aromatic rings. The zero-order valence-electron chi connectivity index (χ0n) is 9.89. The lowest BCUT2D eigenvalue weighted by atomic mass is 10.3. The van der Waals surface area contributed by atoms with Crippen molar-refractivity contribution in [3.8, 4) is 0 Å². The number of hydrogen-bond donors (Lipinski definition) is 2. The third-order valence-corrected chi connectivity index (χ3v) is 3.27. The van der Waals surface area contributed by atoms with Gasteiger partial charge in [0.05, 0.1) is 16.6 Å². The van der Waals surface area contributed by atoms with Crippen LogP contribution in [-0.4, -0.2) is 22.9 Å². The highest BCUT2D eigenvalue weighted by atomic mass is 32.2. The van der Waals surface area contributed by atoms with Crippen LogP contribution in [0.1, 0.15) is 0 Å². The molecule has 0 saturated carbocycles. The second-order valence-corrected chi connectivity index (χ2v) is 5.15. The molecule has 0 radical (unpaired) electrons. The van der Waals surface area contributed by atoms with E-state index in [4.69, 9.17) is 4.55 Å². The Hall–Kier alpha value is -2.18. The first-order valence-corrected chi connectivity index (χ1v) is 6.91. The number of fused-ring (bicyclic) bond motifs is 1. The Morgan fingerprint density at radius 3 is 2.37 bits per heavy atom. The molecule has 2 aromatic heterocycles. The zero-order chi connectivity index (χ0) is 13.7. The largest absolute Gasteiger partial charge is 0.360 e. The molecule has 3 rings (SSSR count). The quantitative estimate of drug-likeness (QED) is 0.669. The summed E-state index contributed by atoms with van der Waals surface area (Å²) in [5.74, 6) is 0. The maximum atomic E-state index is 10.4. The number of aromatic amines is 1. The maximum Gasteiger partial charge on any atom is 0.294 e. The maximum absolute atomic E-state index is 10.4. The van der Waals surface area contributed by atoms with Crippen molar-refractivity contribution in [2.75, 3.05) is 0 Å². The van der Waals surface area contributed by atoms with Gasteiger partial charge >= 0.3 is 0 Å². The van der Waals surface area contributed by atoms with Crippen LogP contribution in [0.25, 0.3) is 10.9 Å². The van der Waals surface area contributed by atoms with E-state index in [1.807, 2.05) is 24.5 Å². The lowest BCUT2D eigenvalue weighted by Gasteiger charge is -1.92. The Morgan fingerprint density at radius 1 is 1.05 bits per heavy atom. The van der Waals surface area contributed by atoms with Gasteiger partial charge in [0, 0.05) is 17.8 Å². The van der Waals surface area contributed by atoms with Crippen LogP contribution in [-0.2, 0) is 10.1 Å². The monoisotopic (exact) mass is 276 g/mol. The van der Waals surface area contributed by atoms with E-state index < -0.39 is 10.1 Å². The van der Waals surface area contributed by atoms with Gasteiger partial charge in [-0.1, -0.05) is 18.2 Å². The highest BCUT2D eigenvalue weighted by Gasteiger charge is 2.05. The number of aromatic nitrogens is 2. The second-order valence-electron chi connectivity index (χ2n) is 3.73. The van der Waals surface area contributed by atoms with Crippen molar-refractivity contribution < 1.29 is 13.0 Å². The highest BCUT2D eigenvalue weighted by molar-refractivity contribution is 7.85. The van der Waals surface area contributed by atoms with Crippen molar-refractivity contribution in [1.82, 2.24) is 9.97 Å². The average Bonchev–Trinajstić information content (AvgIpc) is 2.88. The van der Waals surface area contributed by atoms with Crippen LogP contribution in [0.15, 0.2) is 66.0 Å². The molecule has 6 heteroatoms. The van der Waals surface area contributed by atoms with Gasteiger partial charge in [-0.3, -0.25) is 9.54 Å². The van der Waals surface area contributed by atoms with Gasteiger partial charge in [0.25, 0.3) is 10.1 Å². The SMILES string of the molecule is O=S(=O)(O)c1ccccc1.c1cc2cc[nH]c2cn1. The molecular formula is C13H12N2O3S. The molecule has 0 unspecified atom stereocenters. The first kappa shape index (κ1) is 13.3. The summed E-state index contributed by atoms with van der Waals surface area (Å²) in [5.41, 5.74) is 1.09. The molecule has 0 amide bonds. The van der Waals surface area contributed by atoms with E-state index in [1.165, 1.54) is 17.5 Å². The van der Waals surface area contributed by atoms with Gasteiger partial charge in [0.1, 0.15) is 0 Å². The Balaban J connectivity index is 0.000000141. The number of nitrogens with one attached hydrogen (secondary N) is 1. The van der Waals surface area contributed by atoms with Gasteiger partial charge in [-0.2, -0.15) is 8.42 Å². The van der Waals surface area contributed by atoms with Crippen LogP contribution >= 0.6 is 0 Å². The minimum Gasteiger partial charge on any atom is -0.360 e. The standard InChI is InChI=1S/C7H6N2.C6H6O3S/c1-3-8-5-7-6(1)2-4-9-7;7-10(8,9)6-4-2-1-3-5-6/h1-5,9H;1-5H,(H,7,8,9). The summed E-state index contributed by atoms with van der Waals surface area (Å²) < 4.78 is 29.2. The number of H-pyrrole nitrogens is 1. The smallest absolute Gasteiger partial charge is 0.294 e. The molecule has 5 nitrogen and oxygen atoms in total. The zero-order valence-corrected chi connectivity index (χ0v) is 10.7. The van der Waals surface area contributed by atoms with E-state index in [9.17, 15) is 8.42 Å². The molecule has 0 aliphatic rings. The molecule has 19 heavy (non-hydrogen) atoms. The van der Waals surface area contributed by atoms with E-state index in [0.717, 1.165) is 5.52 Å². The highest BCUT2D eigenvalue weighted by Crippen LogP contribution is 2.07. The average molecular weight is 276 g/mol. The van der Waals surface area contributed by atoms with Gasteiger partial charge in [-0.05, 0) is 24.3 Å².